The van der Waals surface area contributed by atoms with Crippen molar-refractivity contribution in [3.05, 3.63) is 70.2 Å². The molecule has 8 nitrogen and oxygen atoms in total. The van der Waals surface area contributed by atoms with Crippen LogP contribution in [0.5, 0.6) is 5.75 Å². The van der Waals surface area contributed by atoms with Crippen molar-refractivity contribution in [1.29, 1.82) is 0 Å². The first-order chi connectivity index (χ1) is 16.3. The largest absolute Gasteiger partial charge is 0.497 e. The van der Waals surface area contributed by atoms with Gasteiger partial charge in [-0.1, -0.05) is 38.1 Å². The Kier molecular flexibility index (Phi) is 6.49. The van der Waals surface area contributed by atoms with Crippen LogP contribution in [0.15, 0.2) is 57.8 Å². The predicted molar refractivity (Wildman–Crippen MR) is 131 cm³/mol. The summed E-state index contributed by atoms with van der Waals surface area (Å²) < 4.78 is 11.8. The first-order valence-corrected chi connectivity index (χ1v) is 11.3. The van der Waals surface area contributed by atoms with Gasteiger partial charge in [0.2, 0.25) is 5.91 Å². The SMILES string of the molecule is CC[C@H](C(=O)Nc1ccc(C(C)C)cc1)n1nc(-c2ccc(OC)cc2)c2c(C)onc2c1=O. The van der Waals surface area contributed by atoms with Gasteiger partial charge in [-0.25, -0.2) is 4.68 Å². The third-order valence-corrected chi connectivity index (χ3v) is 5.91. The number of rotatable bonds is 7. The summed E-state index contributed by atoms with van der Waals surface area (Å²) in [5.41, 5.74) is 2.79. The number of nitrogens with zero attached hydrogens (tertiary/aromatic N) is 3. The first kappa shape index (κ1) is 23.2. The number of carbonyl (C=O) groups excluding carboxylic acids is 1. The Bertz CT molecular complexity index is 1370. The average molecular weight is 461 g/mol. The highest BCUT2D eigenvalue weighted by Crippen LogP contribution is 2.29. The van der Waals surface area contributed by atoms with Gasteiger partial charge in [-0.3, -0.25) is 9.59 Å². The first-order valence-electron chi connectivity index (χ1n) is 11.3. The number of benzene rings is 2. The summed E-state index contributed by atoms with van der Waals surface area (Å²) in [5.74, 6) is 1.25. The average Bonchev–Trinajstić information content (AvgIpc) is 3.23. The molecule has 0 fully saturated rings. The number of methoxy groups -OCH3 is 1. The third-order valence-electron chi connectivity index (χ3n) is 5.91. The number of aromatic nitrogens is 3. The van der Waals surface area contributed by atoms with E-state index in [9.17, 15) is 9.59 Å². The summed E-state index contributed by atoms with van der Waals surface area (Å²) in [4.78, 5) is 26.5. The van der Waals surface area contributed by atoms with Gasteiger partial charge in [0.15, 0.2) is 5.52 Å². The van der Waals surface area contributed by atoms with Crippen LogP contribution >= 0.6 is 0 Å². The van der Waals surface area contributed by atoms with Gasteiger partial charge in [-0.2, -0.15) is 5.10 Å². The van der Waals surface area contributed by atoms with Crippen LogP contribution in [0.1, 0.15) is 50.5 Å². The molecule has 0 radical (unpaired) electrons. The Morgan fingerprint density at radius 2 is 1.79 bits per heavy atom. The van der Waals surface area contributed by atoms with E-state index < -0.39 is 11.6 Å². The summed E-state index contributed by atoms with van der Waals surface area (Å²) in [7, 11) is 1.59. The Hall–Kier alpha value is -3.94. The van der Waals surface area contributed by atoms with Gasteiger partial charge in [0, 0.05) is 11.3 Å². The fraction of sp³-hybridized carbons (Fsp3) is 0.308. The van der Waals surface area contributed by atoms with E-state index in [1.807, 2.05) is 55.5 Å². The van der Waals surface area contributed by atoms with Crippen molar-refractivity contribution in [2.45, 2.75) is 46.1 Å². The summed E-state index contributed by atoms with van der Waals surface area (Å²) in [6.07, 6.45) is 0.368. The smallest absolute Gasteiger partial charge is 0.297 e. The van der Waals surface area contributed by atoms with Crippen LogP contribution in [-0.4, -0.2) is 28.0 Å². The van der Waals surface area contributed by atoms with E-state index in [2.05, 4.69) is 29.4 Å². The van der Waals surface area contributed by atoms with Gasteiger partial charge >= 0.3 is 0 Å². The standard InChI is InChI=1S/C26H28N4O4/c1-6-21(25(31)27-19-11-7-17(8-12-19)15(2)3)30-26(32)24-22(16(4)34-29-24)23(28-30)18-9-13-20(33-5)14-10-18/h7-15,21H,6H2,1-5H3,(H,27,31)/t21-/m1/s1. The molecule has 0 bridgehead atoms. The molecule has 1 N–H and O–H groups in total. The van der Waals surface area contributed by atoms with Crippen LogP contribution in [0.25, 0.3) is 22.2 Å². The van der Waals surface area contributed by atoms with Gasteiger partial charge in [0.1, 0.15) is 23.2 Å². The van der Waals surface area contributed by atoms with Crippen LogP contribution in [0.3, 0.4) is 0 Å². The van der Waals surface area contributed by atoms with E-state index in [1.165, 1.54) is 10.2 Å². The molecule has 1 atom stereocenters. The van der Waals surface area contributed by atoms with Crippen LogP contribution in [0.2, 0.25) is 0 Å². The number of hydrogen-bond donors (Lipinski definition) is 1. The second kappa shape index (κ2) is 9.51. The van der Waals surface area contributed by atoms with E-state index in [-0.39, 0.29) is 11.4 Å². The van der Waals surface area contributed by atoms with Crippen LogP contribution in [0, 0.1) is 6.92 Å². The summed E-state index contributed by atoms with van der Waals surface area (Å²) >= 11 is 0. The van der Waals surface area contributed by atoms with E-state index in [0.29, 0.717) is 40.6 Å². The Balaban J connectivity index is 1.76. The zero-order valence-electron chi connectivity index (χ0n) is 20.0. The van der Waals surface area contributed by atoms with Crippen molar-refractivity contribution in [2.75, 3.05) is 12.4 Å². The summed E-state index contributed by atoms with van der Waals surface area (Å²) in [6, 6.07) is 14.2. The Morgan fingerprint density at radius 3 is 2.38 bits per heavy atom. The molecule has 0 spiro atoms. The number of fused-ring (bicyclic) bond motifs is 1. The number of nitrogens with one attached hydrogen (secondary N) is 1. The van der Waals surface area contributed by atoms with E-state index in [4.69, 9.17) is 9.26 Å². The molecule has 34 heavy (non-hydrogen) atoms. The maximum atomic E-state index is 13.3. The molecule has 2 aromatic carbocycles. The second-order valence-corrected chi connectivity index (χ2v) is 8.48. The lowest BCUT2D eigenvalue weighted by Crippen LogP contribution is -2.35. The predicted octanol–water partition coefficient (Wildman–Crippen LogP) is 5.08. The number of amides is 1. The third kappa shape index (κ3) is 4.31. The normalized spacial score (nSPS) is 12.2. The molecule has 0 unspecified atom stereocenters. The van der Waals surface area contributed by atoms with Crippen molar-refractivity contribution in [1.82, 2.24) is 14.9 Å². The zero-order valence-corrected chi connectivity index (χ0v) is 20.0. The topological polar surface area (TPSA) is 99.2 Å². The van der Waals surface area contributed by atoms with Crippen molar-refractivity contribution in [3.63, 3.8) is 0 Å². The van der Waals surface area contributed by atoms with Crippen molar-refractivity contribution >= 4 is 22.5 Å². The molecule has 0 saturated carbocycles. The maximum Gasteiger partial charge on any atom is 0.297 e. The molecule has 1 amide bonds. The van der Waals surface area contributed by atoms with Crippen molar-refractivity contribution in [2.24, 2.45) is 0 Å². The monoisotopic (exact) mass is 460 g/mol. The second-order valence-electron chi connectivity index (χ2n) is 8.48. The molecule has 8 heteroatoms. The number of ether oxygens (including phenoxy) is 1. The van der Waals surface area contributed by atoms with Crippen LogP contribution in [-0.2, 0) is 4.79 Å². The highest BCUT2D eigenvalue weighted by Gasteiger charge is 2.26. The van der Waals surface area contributed by atoms with Crippen LogP contribution < -0.4 is 15.6 Å². The van der Waals surface area contributed by atoms with Gasteiger partial charge in [0.05, 0.1) is 12.5 Å². The highest BCUT2D eigenvalue weighted by atomic mass is 16.5. The minimum atomic E-state index is -0.823. The molecule has 4 aromatic rings. The molecule has 176 valence electrons. The molecular weight excluding hydrogens is 432 g/mol. The molecule has 0 saturated heterocycles. The fourth-order valence-corrected chi connectivity index (χ4v) is 3.92. The highest BCUT2D eigenvalue weighted by molar-refractivity contribution is 5.95. The number of anilines is 1. The molecule has 0 aliphatic rings. The van der Waals surface area contributed by atoms with Crippen molar-refractivity contribution < 1.29 is 14.1 Å². The lowest BCUT2D eigenvalue weighted by molar-refractivity contribution is -0.119. The fourth-order valence-electron chi connectivity index (χ4n) is 3.92. The quantitative estimate of drug-likeness (QED) is 0.413. The summed E-state index contributed by atoms with van der Waals surface area (Å²) in [5, 5.41) is 12.1. The molecule has 0 aliphatic heterocycles. The molecule has 4 rings (SSSR count). The Labute approximate surface area is 197 Å². The molecule has 2 heterocycles. The Morgan fingerprint density at radius 1 is 1.12 bits per heavy atom. The molecular formula is C26H28N4O4. The minimum Gasteiger partial charge on any atom is -0.497 e. The van der Waals surface area contributed by atoms with Gasteiger partial charge in [0.25, 0.3) is 5.56 Å². The van der Waals surface area contributed by atoms with E-state index in [0.717, 1.165) is 5.56 Å². The number of aryl methyl sites for hydroxylation is 1. The van der Waals surface area contributed by atoms with Gasteiger partial charge in [-0.05, 0) is 61.2 Å². The summed E-state index contributed by atoms with van der Waals surface area (Å²) in [6.45, 7) is 7.80. The van der Waals surface area contributed by atoms with Gasteiger partial charge < -0.3 is 14.6 Å². The van der Waals surface area contributed by atoms with E-state index >= 15 is 0 Å². The van der Waals surface area contributed by atoms with E-state index in [1.54, 1.807) is 14.0 Å². The van der Waals surface area contributed by atoms with Crippen LogP contribution in [0.4, 0.5) is 5.69 Å². The molecule has 0 aliphatic carbocycles. The lowest BCUT2D eigenvalue weighted by atomic mass is 10.0. The minimum absolute atomic E-state index is 0.144. The van der Waals surface area contributed by atoms with Gasteiger partial charge in [-0.15, -0.1) is 0 Å². The lowest BCUT2D eigenvalue weighted by Gasteiger charge is -2.18. The van der Waals surface area contributed by atoms with Crippen molar-refractivity contribution in [3.8, 4) is 17.0 Å². The maximum absolute atomic E-state index is 13.3. The number of carbonyl (C=O) groups is 1. The molecule has 2 aromatic heterocycles. The zero-order chi connectivity index (χ0) is 24.4. The number of hydrogen-bond acceptors (Lipinski definition) is 6.